The molecule has 0 fully saturated rings. The van der Waals surface area contributed by atoms with Gasteiger partial charge in [0.1, 0.15) is 0 Å². The Morgan fingerprint density at radius 1 is 0.833 bits per heavy atom. The van der Waals surface area contributed by atoms with Gasteiger partial charge in [-0.15, -0.1) is 0 Å². The molecular weight excluding hydrogens is 380 g/mol. The van der Waals surface area contributed by atoms with Crippen LogP contribution in [0.4, 0.5) is 17.1 Å². The van der Waals surface area contributed by atoms with Gasteiger partial charge < -0.3 is 21.3 Å². The molecule has 0 saturated carbocycles. The molecule has 152 valence electrons. The summed E-state index contributed by atoms with van der Waals surface area (Å²) in [4.78, 5) is 37.5. The van der Waals surface area contributed by atoms with Crippen molar-refractivity contribution >= 4 is 34.8 Å². The van der Waals surface area contributed by atoms with Crippen molar-refractivity contribution in [2.24, 2.45) is 5.73 Å². The summed E-state index contributed by atoms with van der Waals surface area (Å²) in [6.07, 6.45) is 0. The lowest BCUT2D eigenvalue weighted by molar-refractivity contribution is -0.114. The van der Waals surface area contributed by atoms with Crippen molar-refractivity contribution < 1.29 is 14.4 Å². The van der Waals surface area contributed by atoms with Crippen LogP contribution in [0.3, 0.4) is 0 Å². The maximum absolute atomic E-state index is 12.6. The second-order valence-electron chi connectivity index (χ2n) is 6.62. The fourth-order valence-electron chi connectivity index (χ4n) is 2.83. The van der Waals surface area contributed by atoms with Gasteiger partial charge in [-0.1, -0.05) is 24.3 Å². The van der Waals surface area contributed by atoms with Crippen LogP contribution in [0, 0.1) is 0 Å². The predicted octanol–water partition coefficient (Wildman–Crippen LogP) is 3.11. The summed E-state index contributed by atoms with van der Waals surface area (Å²) >= 11 is 0. The number of hydrogen-bond donors (Lipinski definition) is 3. The Balaban J connectivity index is 1.55. The fraction of sp³-hybridized carbons (Fsp3) is 0.0870. The number of primary amides is 1. The molecule has 0 atom stereocenters. The number of nitrogens with two attached hydrogens (primary N) is 1. The van der Waals surface area contributed by atoms with E-state index in [1.807, 2.05) is 30.3 Å². The maximum atomic E-state index is 12.6. The number of benzene rings is 3. The van der Waals surface area contributed by atoms with E-state index in [4.69, 9.17) is 5.73 Å². The number of amides is 3. The molecule has 0 aromatic heterocycles. The molecule has 0 heterocycles. The van der Waals surface area contributed by atoms with Gasteiger partial charge in [0.2, 0.25) is 11.8 Å². The molecule has 30 heavy (non-hydrogen) atoms. The Morgan fingerprint density at radius 2 is 1.53 bits per heavy atom. The smallest absolute Gasteiger partial charge is 0.258 e. The highest BCUT2D eigenvalue weighted by Crippen LogP contribution is 2.17. The van der Waals surface area contributed by atoms with Crippen LogP contribution in [0.5, 0.6) is 0 Å². The first-order valence-electron chi connectivity index (χ1n) is 9.31. The minimum atomic E-state index is -0.559. The first-order chi connectivity index (χ1) is 14.4. The van der Waals surface area contributed by atoms with Crippen molar-refractivity contribution in [3.63, 3.8) is 0 Å². The summed E-state index contributed by atoms with van der Waals surface area (Å²) in [5, 5.41) is 5.70. The van der Waals surface area contributed by atoms with Gasteiger partial charge in [-0.3, -0.25) is 14.4 Å². The van der Waals surface area contributed by atoms with Crippen LogP contribution < -0.4 is 21.3 Å². The average Bonchev–Trinajstić information content (AvgIpc) is 2.78. The second-order valence-corrected chi connectivity index (χ2v) is 6.62. The monoisotopic (exact) mass is 402 g/mol. The molecule has 0 radical (unpaired) electrons. The van der Waals surface area contributed by atoms with Crippen molar-refractivity contribution in [3.8, 4) is 0 Å². The molecule has 0 aliphatic heterocycles. The van der Waals surface area contributed by atoms with E-state index in [9.17, 15) is 14.4 Å². The second kappa shape index (κ2) is 9.38. The lowest BCUT2D eigenvalue weighted by Crippen LogP contribution is -2.26. The number of hydrogen-bond acceptors (Lipinski definition) is 4. The third-order valence-electron chi connectivity index (χ3n) is 4.46. The molecule has 0 saturated heterocycles. The van der Waals surface area contributed by atoms with Crippen LogP contribution in [0.15, 0.2) is 78.9 Å². The number of anilines is 3. The first kappa shape index (κ1) is 20.6. The number of carbonyl (C=O) groups excluding carboxylic acids is 3. The van der Waals surface area contributed by atoms with E-state index in [1.165, 1.54) is 6.07 Å². The SMILES string of the molecule is CN(C(=O)c1ccc(NCC(=O)Nc2cccc(C(N)=O)c2)cc1)c1ccccc1. The van der Waals surface area contributed by atoms with Crippen LogP contribution in [0.2, 0.25) is 0 Å². The molecule has 0 unspecified atom stereocenters. The maximum Gasteiger partial charge on any atom is 0.258 e. The first-order valence-corrected chi connectivity index (χ1v) is 9.31. The normalized spacial score (nSPS) is 10.2. The molecule has 0 aliphatic carbocycles. The lowest BCUT2D eigenvalue weighted by Gasteiger charge is -2.17. The molecule has 3 aromatic carbocycles. The Labute approximate surface area is 174 Å². The van der Waals surface area contributed by atoms with Gasteiger partial charge in [-0.05, 0) is 54.6 Å². The quantitative estimate of drug-likeness (QED) is 0.565. The fourth-order valence-corrected chi connectivity index (χ4v) is 2.83. The van der Waals surface area contributed by atoms with Gasteiger partial charge in [-0.2, -0.15) is 0 Å². The van der Waals surface area contributed by atoms with E-state index in [0.29, 0.717) is 22.5 Å². The summed E-state index contributed by atoms with van der Waals surface area (Å²) in [5.74, 6) is -0.961. The van der Waals surface area contributed by atoms with E-state index in [-0.39, 0.29) is 18.4 Å². The average molecular weight is 402 g/mol. The van der Waals surface area contributed by atoms with Gasteiger partial charge in [0.15, 0.2) is 0 Å². The highest BCUT2D eigenvalue weighted by molar-refractivity contribution is 6.06. The van der Waals surface area contributed by atoms with Gasteiger partial charge in [0.05, 0.1) is 6.54 Å². The molecule has 7 heteroatoms. The Hall–Kier alpha value is -4.13. The standard InChI is InChI=1S/C23H22N4O3/c1-27(20-8-3-2-4-9-20)23(30)16-10-12-18(13-11-16)25-15-21(28)26-19-7-5-6-17(14-19)22(24)29/h2-14,25H,15H2,1H3,(H2,24,29)(H,26,28). The number of carbonyl (C=O) groups is 3. The topological polar surface area (TPSA) is 105 Å². The van der Waals surface area contributed by atoms with Gasteiger partial charge in [0.25, 0.3) is 5.91 Å². The zero-order valence-electron chi connectivity index (χ0n) is 16.5. The predicted molar refractivity (Wildman–Crippen MR) is 118 cm³/mol. The molecule has 3 aromatic rings. The van der Waals surface area contributed by atoms with E-state index >= 15 is 0 Å². The summed E-state index contributed by atoms with van der Waals surface area (Å²) in [5.41, 5.74) is 8.10. The lowest BCUT2D eigenvalue weighted by atomic mass is 10.1. The molecule has 7 nitrogen and oxygen atoms in total. The van der Waals surface area contributed by atoms with E-state index in [0.717, 1.165) is 5.69 Å². The molecule has 3 rings (SSSR count). The van der Waals surface area contributed by atoms with Crippen LogP contribution in [0.1, 0.15) is 20.7 Å². The van der Waals surface area contributed by atoms with Crippen molar-refractivity contribution in [3.05, 3.63) is 90.0 Å². The van der Waals surface area contributed by atoms with Gasteiger partial charge in [-0.25, -0.2) is 0 Å². The van der Waals surface area contributed by atoms with Crippen molar-refractivity contribution in [1.29, 1.82) is 0 Å². The number of para-hydroxylation sites is 1. The van der Waals surface area contributed by atoms with Crippen LogP contribution in [-0.2, 0) is 4.79 Å². The molecule has 4 N–H and O–H groups in total. The van der Waals surface area contributed by atoms with E-state index in [1.54, 1.807) is 54.4 Å². The van der Waals surface area contributed by atoms with Crippen LogP contribution >= 0.6 is 0 Å². The van der Waals surface area contributed by atoms with Gasteiger partial charge in [0, 0.05) is 35.2 Å². The van der Waals surface area contributed by atoms with Gasteiger partial charge >= 0.3 is 0 Å². The number of nitrogens with zero attached hydrogens (tertiary/aromatic N) is 1. The Kier molecular flexibility index (Phi) is 6.44. The summed E-state index contributed by atoms with van der Waals surface area (Å²) in [7, 11) is 1.72. The minimum Gasteiger partial charge on any atom is -0.376 e. The molecule has 0 spiro atoms. The number of rotatable bonds is 7. The molecule has 0 aliphatic rings. The summed E-state index contributed by atoms with van der Waals surface area (Å²) in [6.45, 7) is 0.0258. The highest BCUT2D eigenvalue weighted by atomic mass is 16.2. The van der Waals surface area contributed by atoms with E-state index < -0.39 is 5.91 Å². The minimum absolute atomic E-state index is 0.0258. The zero-order chi connectivity index (χ0) is 21.5. The van der Waals surface area contributed by atoms with Crippen molar-refractivity contribution in [1.82, 2.24) is 0 Å². The molecular formula is C23H22N4O3. The van der Waals surface area contributed by atoms with Crippen LogP contribution in [0.25, 0.3) is 0 Å². The van der Waals surface area contributed by atoms with E-state index in [2.05, 4.69) is 10.6 Å². The Morgan fingerprint density at radius 3 is 2.20 bits per heavy atom. The third kappa shape index (κ3) is 5.23. The third-order valence-corrected chi connectivity index (χ3v) is 4.46. The van der Waals surface area contributed by atoms with Crippen molar-refractivity contribution in [2.45, 2.75) is 0 Å². The zero-order valence-corrected chi connectivity index (χ0v) is 16.5. The highest BCUT2D eigenvalue weighted by Gasteiger charge is 2.13. The van der Waals surface area contributed by atoms with Crippen LogP contribution in [-0.4, -0.2) is 31.3 Å². The molecule has 0 bridgehead atoms. The largest absolute Gasteiger partial charge is 0.376 e. The Bertz CT molecular complexity index is 1050. The molecule has 3 amide bonds. The summed E-state index contributed by atoms with van der Waals surface area (Å²) < 4.78 is 0. The summed E-state index contributed by atoms with van der Waals surface area (Å²) in [6, 6.07) is 22.7. The van der Waals surface area contributed by atoms with Crippen molar-refractivity contribution in [2.75, 3.05) is 29.1 Å². The number of nitrogens with one attached hydrogen (secondary N) is 2.